The lowest BCUT2D eigenvalue weighted by Gasteiger charge is -2.07. The molecule has 0 spiro atoms. The number of nitro benzene ring substituents is 1. The number of carbonyl (C=O) groups excluding carboxylic acids is 1. The molecule has 1 rings (SSSR count). The summed E-state index contributed by atoms with van der Waals surface area (Å²) in [6, 6.07) is 4.12. The summed E-state index contributed by atoms with van der Waals surface area (Å²) in [6.07, 6.45) is 0. The molecule has 0 N–H and O–H groups in total. The Morgan fingerprint density at radius 2 is 2.24 bits per heavy atom. The van der Waals surface area contributed by atoms with Crippen LogP contribution in [-0.4, -0.2) is 22.1 Å². The van der Waals surface area contributed by atoms with Gasteiger partial charge in [0.2, 0.25) is 0 Å². The van der Waals surface area contributed by atoms with Gasteiger partial charge in [0.05, 0.1) is 16.4 Å². The van der Waals surface area contributed by atoms with Gasteiger partial charge in [-0.2, -0.15) is 0 Å². The van der Waals surface area contributed by atoms with Crippen molar-refractivity contribution in [2.24, 2.45) is 0 Å². The standard InChI is InChI=1S/C11H12BrNO4/c1-3-17-10-6-8(11(14)7(2)12)4-5-9(10)13(15)16/h4-7H,3H2,1-2H3. The van der Waals surface area contributed by atoms with Gasteiger partial charge in [-0.05, 0) is 26.0 Å². The van der Waals surface area contributed by atoms with Crippen LogP contribution in [-0.2, 0) is 0 Å². The summed E-state index contributed by atoms with van der Waals surface area (Å²) >= 11 is 3.16. The third-order valence-electron chi connectivity index (χ3n) is 2.10. The van der Waals surface area contributed by atoms with E-state index >= 15 is 0 Å². The molecule has 17 heavy (non-hydrogen) atoms. The molecule has 0 heterocycles. The molecular weight excluding hydrogens is 290 g/mol. The first-order valence-electron chi connectivity index (χ1n) is 5.07. The highest BCUT2D eigenvalue weighted by atomic mass is 79.9. The van der Waals surface area contributed by atoms with Gasteiger partial charge in [0.15, 0.2) is 11.5 Å². The molecule has 6 heteroatoms. The Morgan fingerprint density at radius 1 is 1.59 bits per heavy atom. The normalized spacial score (nSPS) is 11.9. The minimum atomic E-state index is -0.531. The maximum Gasteiger partial charge on any atom is 0.310 e. The predicted molar refractivity (Wildman–Crippen MR) is 67.0 cm³/mol. The second kappa shape index (κ2) is 5.77. The molecule has 1 unspecified atom stereocenters. The lowest BCUT2D eigenvalue weighted by atomic mass is 10.1. The number of Topliss-reactive ketones (excluding diaryl/α,β-unsaturated/α-hetero) is 1. The van der Waals surface area contributed by atoms with Gasteiger partial charge >= 0.3 is 5.69 Å². The first-order valence-corrected chi connectivity index (χ1v) is 5.98. The van der Waals surface area contributed by atoms with E-state index in [0.717, 1.165) is 0 Å². The van der Waals surface area contributed by atoms with Crippen LogP contribution in [0.4, 0.5) is 5.69 Å². The summed E-state index contributed by atoms with van der Waals surface area (Å²) in [5.41, 5.74) is 0.258. The zero-order chi connectivity index (χ0) is 13.0. The summed E-state index contributed by atoms with van der Waals surface area (Å²) in [5, 5.41) is 10.7. The molecule has 1 aromatic rings. The Bertz CT molecular complexity index is 445. The van der Waals surface area contributed by atoms with Crippen LogP contribution < -0.4 is 4.74 Å². The number of rotatable bonds is 5. The van der Waals surface area contributed by atoms with Crippen molar-refractivity contribution >= 4 is 27.4 Å². The van der Waals surface area contributed by atoms with E-state index in [1.54, 1.807) is 13.8 Å². The maximum absolute atomic E-state index is 11.7. The van der Waals surface area contributed by atoms with Crippen molar-refractivity contribution in [1.29, 1.82) is 0 Å². The highest BCUT2D eigenvalue weighted by Gasteiger charge is 2.19. The number of nitro groups is 1. The van der Waals surface area contributed by atoms with E-state index in [-0.39, 0.29) is 22.0 Å². The fraction of sp³-hybridized carbons (Fsp3) is 0.364. The van der Waals surface area contributed by atoms with Gasteiger partial charge in [0.1, 0.15) is 0 Å². The smallest absolute Gasteiger partial charge is 0.310 e. The maximum atomic E-state index is 11.7. The fourth-order valence-electron chi connectivity index (χ4n) is 1.32. The predicted octanol–water partition coefficient (Wildman–Crippen LogP) is 2.96. The first-order chi connectivity index (χ1) is 7.97. The molecule has 0 saturated heterocycles. The summed E-state index contributed by atoms with van der Waals surface area (Å²) in [7, 11) is 0. The van der Waals surface area contributed by atoms with E-state index in [0.29, 0.717) is 12.2 Å². The second-order valence-electron chi connectivity index (χ2n) is 3.35. The minimum absolute atomic E-state index is 0.122. The van der Waals surface area contributed by atoms with Crippen LogP contribution in [0.3, 0.4) is 0 Å². The molecule has 0 aliphatic heterocycles. The van der Waals surface area contributed by atoms with Crippen LogP contribution in [0.5, 0.6) is 5.75 Å². The number of alkyl halides is 1. The molecule has 0 fully saturated rings. The Morgan fingerprint density at radius 3 is 2.71 bits per heavy atom. The summed E-state index contributed by atoms with van der Waals surface area (Å²) < 4.78 is 5.16. The van der Waals surface area contributed by atoms with Gasteiger partial charge in [0.25, 0.3) is 0 Å². The van der Waals surface area contributed by atoms with Crippen LogP contribution in [0.25, 0.3) is 0 Å². The monoisotopic (exact) mass is 301 g/mol. The zero-order valence-electron chi connectivity index (χ0n) is 9.47. The number of ketones is 1. The summed E-state index contributed by atoms with van der Waals surface area (Å²) in [5.74, 6) is -0.0163. The van der Waals surface area contributed by atoms with Gasteiger partial charge in [-0.25, -0.2) is 0 Å². The van der Waals surface area contributed by atoms with Gasteiger partial charge in [-0.15, -0.1) is 0 Å². The average molecular weight is 302 g/mol. The molecule has 1 aromatic carbocycles. The quantitative estimate of drug-likeness (QED) is 0.363. The topological polar surface area (TPSA) is 69.4 Å². The lowest BCUT2D eigenvalue weighted by molar-refractivity contribution is -0.385. The second-order valence-corrected chi connectivity index (χ2v) is 4.73. The molecule has 5 nitrogen and oxygen atoms in total. The van der Waals surface area contributed by atoms with Crippen molar-refractivity contribution in [3.05, 3.63) is 33.9 Å². The van der Waals surface area contributed by atoms with E-state index in [2.05, 4.69) is 15.9 Å². The van der Waals surface area contributed by atoms with E-state index < -0.39 is 4.92 Å². The molecule has 0 aliphatic rings. The molecule has 0 bridgehead atoms. The van der Waals surface area contributed by atoms with Crippen LogP contribution in [0.15, 0.2) is 18.2 Å². The fourth-order valence-corrected chi connectivity index (χ4v) is 1.58. The Balaban J connectivity index is 3.18. The minimum Gasteiger partial charge on any atom is -0.487 e. The van der Waals surface area contributed by atoms with Crippen molar-refractivity contribution in [2.45, 2.75) is 18.7 Å². The average Bonchev–Trinajstić information content (AvgIpc) is 2.27. The largest absolute Gasteiger partial charge is 0.487 e. The molecule has 0 radical (unpaired) electrons. The number of halogens is 1. The van der Waals surface area contributed by atoms with Gasteiger partial charge in [-0.3, -0.25) is 14.9 Å². The van der Waals surface area contributed by atoms with E-state index in [9.17, 15) is 14.9 Å². The SMILES string of the molecule is CCOc1cc(C(=O)C(C)Br)ccc1[N+](=O)[O-]. The van der Waals surface area contributed by atoms with Crippen LogP contribution in [0.2, 0.25) is 0 Å². The molecular formula is C11H12BrNO4. The summed E-state index contributed by atoms with van der Waals surface area (Å²) in [6.45, 7) is 3.73. The van der Waals surface area contributed by atoms with E-state index in [1.165, 1.54) is 18.2 Å². The molecule has 0 amide bonds. The number of carbonyl (C=O) groups is 1. The lowest BCUT2D eigenvalue weighted by Crippen LogP contribution is -2.10. The van der Waals surface area contributed by atoms with Gasteiger partial charge in [0, 0.05) is 11.6 Å². The van der Waals surface area contributed by atoms with E-state index in [1.807, 2.05) is 0 Å². The zero-order valence-corrected chi connectivity index (χ0v) is 11.1. The first kappa shape index (κ1) is 13.6. The van der Waals surface area contributed by atoms with Gasteiger partial charge in [-0.1, -0.05) is 15.9 Å². The Labute approximate surface area is 107 Å². The van der Waals surface area contributed by atoms with Crippen molar-refractivity contribution < 1.29 is 14.5 Å². The summed E-state index contributed by atoms with van der Waals surface area (Å²) in [4.78, 5) is 21.6. The number of ether oxygens (including phenoxy) is 1. The molecule has 1 atom stereocenters. The van der Waals surface area contributed by atoms with Gasteiger partial charge < -0.3 is 4.74 Å². The Kier molecular flexibility index (Phi) is 4.62. The highest BCUT2D eigenvalue weighted by molar-refractivity contribution is 9.10. The molecule has 0 aliphatic carbocycles. The number of hydrogen-bond donors (Lipinski definition) is 0. The van der Waals surface area contributed by atoms with Crippen molar-refractivity contribution in [3.8, 4) is 5.75 Å². The van der Waals surface area contributed by atoms with Crippen molar-refractivity contribution in [2.75, 3.05) is 6.61 Å². The highest BCUT2D eigenvalue weighted by Crippen LogP contribution is 2.28. The third-order valence-corrected chi connectivity index (χ3v) is 2.52. The molecule has 0 saturated carbocycles. The van der Waals surface area contributed by atoms with Crippen LogP contribution in [0.1, 0.15) is 24.2 Å². The van der Waals surface area contributed by atoms with Crippen LogP contribution >= 0.6 is 15.9 Å². The number of benzene rings is 1. The Hall–Kier alpha value is -1.43. The van der Waals surface area contributed by atoms with E-state index in [4.69, 9.17) is 4.74 Å². The van der Waals surface area contributed by atoms with Crippen molar-refractivity contribution in [1.82, 2.24) is 0 Å². The number of nitrogens with zero attached hydrogens (tertiary/aromatic N) is 1. The third kappa shape index (κ3) is 3.26. The number of hydrogen-bond acceptors (Lipinski definition) is 4. The van der Waals surface area contributed by atoms with Crippen molar-refractivity contribution in [3.63, 3.8) is 0 Å². The van der Waals surface area contributed by atoms with Crippen LogP contribution in [0, 0.1) is 10.1 Å². The molecule has 92 valence electrons. The molecule has 0 aromatic heterocycles.